The molecule has 2 rings (SSSR count). The Bertz CT molecular complexity index is 895. The van der Waals surface area contributed by atoms with Gasteiger partial charge in [-0.15, -0.1) is 0 Å². The van der Waals surface area contributed by atoms with Gasteiger partial charge in [0.2, 0.25) is 0 Å². The van der Waals surface area contributed by atoms with Gasteiger partial charge < -0.3 is 0 Å². The van der Waals surface area contributed by atoms with E-state index in [1.807, 2.05) is 0 Å². The molecule has 24 heavy (non-hydrogen) atoms. The molecule has 0 saturated heterocycles. The fourth-order valence-electron chi connectivity index (χ4n) is 1.59. The molecule has 122 valence electrons. The number of halogens is 4. The summed E-state index contributed by atoms with van der Waals surface area (Å²) in [6.07, 6.45) is 1.29. The minimum atomic E-state index is -0.605. The Balaban J connectivity index is 2.26. The van der Waals surface area contributed by atoms with Gasteiger partial charge in [0.1, 0.15) is 21.7 Å². The minimum Gasteiger partial charge on any atom is -0.260 e. The van der Waals surface area contributed by atoms with Crippen molar-refractivity contribution in [3.63, 3.8) is 0 Å². The molecule has 0 aliphatic rings. The lowest BCUT2D eigenvalue weighted by Gasteiger charge is -2.06. The van der Waals surface area contributed by atoms with Crippen LogP contribution in [0.3, 0.4) is 0 Å². The van der Waals surface area contributed by atoms with Gasteiger partial charge in [-0.3, -0.25) is 15.5 Å². The summed E-state index contributed by atoms with van der Waals surface area (Å²) >= 11 is 23.4. The monoisotopic (exact) mass is 403 g/mol. The number of hydrogen-bond acceptors (Lipinski definition) is 6. The van der Waals surface area contributed by atoms with Crippen LogP contribution < -0.4 is 5.43 Å². The average molecular weight is 405 g/mol. The first kappa shape index (κ1) is 18.2. The molecule has 0 amide bonds. The van der Waals surface area contributed by atoms with Crippen LogP contribution in [0, 0.1) is 21.4 Å². The Hall–Kier alpha value is -2.11. The Morgan fingerprint density at radius 2 is 2.00 bits per heavy atom. The number of nitriles is 1. The molecular weight excluding hydrogens is 400 g/mol. The molecule has 0 saturated carbocycles. The van der Waals surface area contributed by atoms with Crippen LogP contribution >= 0.6 is 46.4 Å². The van der Waals surface area contributed by atoms with Crippen molar-refractivity contribution in [2.45, 2.75) is 0 Å². The topological polar surface area (TPSA) is 104 Å². The number of hydrogen-bond donors (Lipinski definition) is 1. The van der Waals surface area contributed by atoms with E-state index in [0.29, 0.717) is 5.56 Å². The second-order valence-electron chi connectivity index (χ2n) is 4.20. The molecule has 1 aromatic carbocycles. The molecule has 0 unspecified atom stereocenters. The Morgan fingerprint density at radius 3 is 2.62 bits per heavy atom. The van der Waals surface area contributed by atoms with Crippen molar-refractivity contribution in [3.8, 4) is 6.07 Å². The molecule has 0 bridgehead atoms. The van der Waals surface area contributed by atoms with Gasteiger partial charge in [-0.25, -0.2) is 4.98 Å². The Labute approximate surface area is 155 Å². The number of anilines is 1. The third kappa shape index (κ3) is 3.86. The van der Waals surface area contributed by atoms with Crippen molar-refractivity contribution in [1.29, 1.82) is 5.26 Å². The van der Waals surface area contributed by atoms with E-state index in [1.54, 1.807) is 6.07 Å². The summed E-state index contributed by atoms with van der Waals surface area (Å²) < 4.78 is 0. The summed E-state index contributed by atoms with van der Waals surface area (Å²) in [5.74, 6) is 0.0328. The predicted molar refractivity (Wildman–Crippen MR) is 93.3 cm³/mol. The van der Waals surface area contributed by atoms with Crippen LogP contribution in [-0.4, -0.2) is 16.1 Å². The van der Waals surface area contributed by atoms with E-state index in [0.717, 1.165) is 0 Å². The number of aromatic nitrogens is 1. The van der Waals surface area contributed by atoms with E-state index < -0.39 is 4.92 Å². The summed E-state index contributed by atoms with van der Waals surface area (Å²) in [6.45, 7) is 0. The summed E-state index contributed by atoms with van der Waals surface area (Å²) in [7, 11) is 0. The molecule has 0 atom stereocenters. The van der Waals surface area contributed by atoms with Crippen molar-refractivity contribution in [2.75, 3.05) is 5.43 Å². The maximum absolute atomic E-state index is 10.8. The van der Waals surface area contributed by atoms with Gasteiger partial charge in [0.25, 0.3) is 5.69 Å². The third-order valence-corrected chi connectivity index (χ3v) is 4.13. The molecule has 0 aliphatic heterocycles. The fraction of sp³-hybridized carbons (Fsp3) is 0. The highest BCUT2D eigenvalue weighted by molar-refractivity contribution is 6.45. The highest BCUT2D eigenvalue weighted by Crippen LogP contribution is 2.34. The maximum Gasteiger partial charge on any atom is 0.288 e. The molecule has 1 heterocycles. The molecule has 0 aliphatic carbocycles. The standard InChI is InChI=1S/C13H5Cl4N5O2/c14-8-2-1-6(3-9(8)22(23)24)5-19-21-13-11(16)10(15)7(4-18)12(17)20-13/h1-3,5H,(H,20,21)/b19-5+. The van der Waals surface area contributed by atoms with Gasteiger partial charge in [0, 0.05) is 11.6 Å². The van der Waals surface area contributed by atoms with Crippen molar-refractivity contribution in [3.05, 3.63) is 59.7 Å². The van der Waals surface area contributed by atoms with E-state index in [9.17, 15) is 10.1 Å². The van der Waals surface area contributed by atoms with Crippen molar-refractivity contribution < 1.29 is 4.92 Å². The number of nitro groups is 1. The normalized spacial score (nSPS) is 10.6. The van der Waals surface area contributed by atoms with Gasteiger partial charge in [0.15, 0.2) is 11.0 Å². The van der Waals surface area contributed by atoms with Crippen molar-refractivity contribution in [1.82, 2.24) is 4.98 Å². The lowest BCUT2D eigenvalue weighted by atomic mass is 10.2. The summed E-state index contributed by atoms with van der Waals surface area (Å²) in [6, 6.07) is 5.95. The van der Waals surface area contributed by atoms with Gasteiger partial charge in [-0.2, -0.15) is 10.4 Å². The largest absolute Gasteiger partial charge is 0.288 e. The van der Waals surface area contributed by atoms with Crippen LogP contribution in [0.1, 0.15) is 11.1 Å². The van der Waals surface area contributed by atoms with E-state index >= 15 is 0 Å². The molecule has 2 aromatic rings. The molecular formula is C13H5Cl4N5O2. The number of hydrazone groups is 1. The van der Waals surface area contributed by atoms with Crippen LogP contribution in [-0.2, 0) is 0 Å². The van der Waals surface area contributed by atoms with Gasteiger partial charge in [0.05, 0.1) is 16.2 Å². The quantitative estimate of drug-likeness (QED) is 0.337. The number of rotatable bonds is 4. The van der Waals surface area contributed by atoms with Crippen LogP contribution in [0.4, 0.5) is 11.5 Å². The van der Waals surface area contributed by atoms with Crippen molar-refractivity contribution in [2.24, 2.45) is 5.10 Å². The summed E-state index contributed by atoms with van der Waals surface area (Å²) in [4.78, 5) is 14.1. The zero-order valence-corrected chi connectivity index (χ0v) is 14.5. The SMILES string of the molecule is N#Cc1c(Cl)nc(N/N=C/c2ccc(Cl)c([N+](=O)[O-])c2)c(Cl)c1Cl. The van der Waals surface area contributed by atoms with Gasteiger partial charge in [-0.1, -0.05) is 52.5 Å². The summed E-state index contributed by atoms with van der Waals surface area (Å²) in [5.41, 5.74) is 2.62. The molecule has 7 nitrogen and oxygen atoms in total. The smallest absolute Gasteiger partial charge is 0.260 e. The lowest BCUT2D eigenvalue weighted by molar-refractivity contribution is -0.384. The molecule has 0 fully saturated rings. The van der Waals surface area contributed by atoms with Crippen LogP contribution in [0.15, 0.2) is 23.3 Å². The molecule has 1 N–H and O–H groups in total. The number of benzene rings is 1. The van der Waals surface area contributed by atoms with E-state index in [1.165, 1.54) is 24.4 Å². The molecule has 0 radical (unpaired) electrons. The number of pyridine rings is 1. The Kier molecular flexibility index (Phi) is 5.80. The Morgan fingerprint density at radius 1 is 1.29 bits per heavy atom. The second kappa shape index (κ2) is 7.64. The van der Waals surface area contributed by atoms with Crippen molar-refractivity contribution >= 4 is 64.1 Å². The van der Waals surface area contributed by atoms with Gasteiger partial charge in [-0.05, 0) is 6.07 Å². The maximum atomic E-state index is 10.8. The molecule has 1 aromatic heterocycles. The zero-order chi connectivity index (χ0) is 17.9. The number of nitrogens with zero attached hydrogens (tertiary/aromatic N) is 4. The third-order valence-electron chi connectivity index (χ3n) is 2.70. The average Bonchev–Trinajstić information content (AvgIpc) is 2.53. The molecule has 11 heteroatoms. The van der Waals surface area contributed by atoms with E-state index in [4.69, 9.17) is 51.7 Å². The van der Waals surface area contributed by atoms with Crippen LogP contribution in [0.25, 0.3) is 0 Å². The highest BCUT2D eigenvalue weighted by Gasteiger charge is 2.16. The van der Waals surface area contributed by atoms with E-state index in [2.05, 4.69) is 15.5 Å². The van der Waals surface area contributed by atoms with Crippen LogP contribution in [0.2, 0.25) is 20.2 Å². The number of nitrogens with one attached hydrogen (secondary N) is 1. The first-order valence-electron chi connectivity index (χ1n) is 6.02. The summed E-state index contributed by atoms with van der Waals surface area (Å²) in [5, 5.41) is 23.4. The zero-order valence-electron chi connectivity index (χ0n) is 11.4. The van der Waals surface area contributed by atoms with Crippen LogP contribution in [0.5, 0.6) is 0 Å². The fourth-order valence-corrected chi connectivity index (χ4v) is 2.45. The minimum absolute atomic E-state index is 0.0143. The second-order valence-corrected chi connectivity index (χ2v) is 5.73. The predicted octanol–water partition coefficient (Wildman–Crippen LogP) is 4.92. The lowest BCUT2D eigenvalue weighted by Crippen LogP contribution is -1.98. The van der Waals surface area contributed by atoms with Gasteiger partial charge >= 0.3 is 0 Å². The molecule has 0 spiro atoms. The first-order chi connectivity index (χ1) is 11.3. The first-order valence-corrected chi connectivity index (χ1v) is 7.54. The number of nitro benzene ring substituents is 1. The van der Waals surface area contributed by atoms with E-state index in [-0.39, 0.29) is 37.3 Å². The highest BCUT2D eigenvalue weighted by atomic mass is 35.5.